The molecule has 0 bridgehead atoms. The van der Waals surface area contributed by atoms with Gasteiger partial charge in [0, 0.05) is 0 Å². The quantitative estimate of drug-likeness (QED) is 0.404. The first-order valence-electron chi connectivity index (χ1n) is 10.8. The van der Waals surface area contributed by atoms with Crippen LogP contribution in [0.15, 0.2) is 33.5 Å². The molecule has 0 fully saturated rings. The molecule has 0 N–H and O–H groups in total. The number of aryl methyl sites for hydroxylation is 3. The molecule has 1 aliphatic heterocycles. The number of methoxy groups -OCH3 is 3. The summed E-state index contributed by atoms with van der Waals surface area (Å²) >= 11 is 1.25. The lowest BCUT2D eigenvalue weighted by molar-refractivity contribution is 0.0970. The lowest BCUT2D eigenvalue weighted by atomic mass is 9.97. The standard InChI is InChI=1S/C25H23N3O6S/c1-11-7-15-16(8-12(11)2)34-23-19(21(15)29)20(28(24(23)30)25-27-26-13(3)35-25)14-9-17(31-4)22(33-6)18(10-14)32-5/h7-10,20H,1-6H3/t20-/m0/s1. The number of carbonyl (C=O) groups is 1. The Morgan fingerprint density at radius 2 is 1.57 bits per heavy atom. The maximum Gasteiger partial charge on any atom is 0.297 e. The molecule has 10 heteroatoms. The van der Waals surface area contributed by atoms with Crippen LogP contribution >= 0.6 is 11.3 Å². The molecule has 1 amide bonds. The molecule has 1 aliphatic rings. The Morgan fingerprint density at radius 3 is 2.14 bits per heavy atom. The van der Waals surface area contributed by atoms with Crippen molar-refractivity contribution in [3.8, 4) is 17.2 Å². The minimum Gasteiger partial charge on any atom is -0.493 e. The maximum absolute atomic E-state index is 13.9. The van der Waals surface area contributed by atoms with Crippen LogP contribution in [-0.4, -0.2) is 37.4 Å². The highest BCUT2D eigenvalue weighted by Crippen LogP contribution is 2.46. The molecule has 4 aromatic rings. The van der Waals surface area contributed by atoms with Crippen molar-refractivity contribution in [3.05, 3.63) is 67.5 Å². The van der Waals surface area contributed by atoms with E-state index in [2.05, 4.69) is 10.2 Å². The topological polar surface area (TPSA) is 104 Å². The maximum atomic E-state index is 13.9. The van der Waals surface area contributed by atoms with Crippen LogP contribution in [0.3, 0.4) is 0 Å². The molecule has 180 valence electrons. The van der Waals surface area contributed by atoms with E-state index in [1.54, 1.807) is 31.2 Å². The van der Waals surface area contributed by atoms with Gasteiger partial charge >= 0.3 is 0 Å². The first-order valence-corrected chi connectivity index (χ1v) is 11.6. The minimum absolute atomic E-state index is 0.0163. The first-order chi connectivity index (χ1) is 16.8. The fraction of sp³-hybridized carbons (Fsp3) is 0.280. The van der Waals surface area contributed by atoms with Gasteiger partial charge in [-0.15, -0.1) is 10.2 Å². The van der Waals surface area contributed by atoms with Crippen molar-refractivity contribution in [1.29, 1.82) is 0 Å². The van der Waals surface area contributed by atoms with Gasteiger partial charge in [0.2, 0.25) is 16.6 Å². The van der Waals surface area contributed by atoms with Crippen LogP contribution in [0.25, 0.3) is 11.0 Å². The third kappa shape index (κ3) is 3.44. The lowest BCUT2D eigenvalue weighted by Crippen LogP contribution is -2.29. The summed E-state index contributed by atoms with van der Waals surface area (Å²) in [4.78, 5) is 29.0. The summed E-state index contributed by atoms with van der Waals surface area (Å²) in [5.74, 6) is 0.711. The Kier molecular flexibility index (Phi) is 5.47. The number of amides is 1. The van der Waals surface area contributed by atoms with Crippen LogP contribution in [0.5, 0.6) is 17.2 Å². The summed E-state index contributed by atoms with van der Waals surface area (Å²) in [5, 5.41) is 9.72. The Bertz CT molecular complexity index is 1530. The lowest BCUT2D eigenvalue weighted by Gasteiger charge is -2.24. The zero-order chi connectivity index (χ0) is 25.0. The van der Waals surface area contributed by atoms with Crippen LogP contribution in [0.4, 0.5) is 5.13 Å². The fourth-order valence-electron chi connectivity index (χ4n) is 4.38. The van der Waals surface area contributed by atoms with E-state index in [-0.39, 0.29) is 16.8 Å². The van der Waals surface area contributed by atoms with Gasteiger partial charge in [0.1, 0.15) is 10.6 Å². The third-order valence-electron chi connectivity index (χ3n) is 6.21. The minimum atomic E-state index is -0.833. The summed E-state index contributed by atoms with van der Waals surface area (Å²) in [6.45, 7) is 5.66. The van der Waals surface area contributed by atoms with Crippen LogP contribution in [0.2, 0.25) is 0 Å². The van der Waals surface area contributed by atoms with Gasteiger partial charge < -0.3 is 18.6 Å². The average molecular weight is 494 g/mol. The van der Waals surface area contributed by atoms with E-state index < -0.39 is 11.9 Å². The van der Waals surface area contributed by atoms with Gasteiger partial charge in [0.05, 0.1) is 38.3 Å². The molecule has 2 aromatic carbocycles. The number of nitrogens with zero attached hydrogens (tertiary/aromatic N) is 3. The number of fused-ring (bicyclic) bond motifs is 2. The van der Waals surface area contributed by atoms with Crippen molar-refractivity contribution in [2.45, 2.75) is 26.8 Å². The number of benzene rings is 2. The molecule has 0 saturated carbocycles. The molecule has 9 nitrogen and oxygen atoms in total. The number of aromatic nitrogens is 2. The SMILES string of the molecule is COc1cc([C@H]2c3c(oc4cc(C)c(C)cc4c3=O)C(=O)N2c2nnc(C)s2)cc(OC)c1OC. The van der Waals surface area contributed by atoms with Gasteiger partial charge in [-0.3, -0.25) is 14.5 Å². The van der Waals surface area contributed by atoms with Gasteiger partial charge in [0.25, 0.3) is 5.91 Å². The highest BCUT2D eigenvalue weighted by molar-refractivity contribution is 7.15. The Hall–Kier alpha value is -3.92. The van der Waals surface area contributed by atoms with Gasteiger partial charge in [-0.2, -0.15) is 0 Å². The summed E-state index contributed by atoms with van der Waals surface area (Å²) < 4.78 is 22.6. The normalized spacial score (nSPS) is 15.0. The monoisotopic (exact) mass is 493 g/mol. The zero-order valence-corrected chi connectivity index (χ0v) is 20.9. The van der Waals surface area contributed by atoms with Crippen LogP contribution in [0.1, 0.15) is 43.9 Å². The molecule has 1 atom stereocenters. The molecule has 5 rings (SSSR count). The molecule has 0 spiro atoms. The summed E-state index contributed by atoms with van der Waals surface area (Å²) in [5.41, 5.74) is 2.81. The van der Waals surface area contributed by atoms with Crippen LogP contribution in [0, 0.1) is 20.8 Å². The van der Waals surface area contributed by atoms with E-state index in [0.29, 0.717) is 43.9 Å². The van der Waals surface area contributed by atoms with E-state index in [1.807, 2.05) is 13.8 Å². The van der Waals surface area contributed by atoms with Crippen molar-refractivity contribution in [2.24, 2.45) is 0 Å². The number of hydrogen-bond donors (Lipinski definition) is 0. The van der Waals surface area contributed by atoms with Gasteiger partial charge in [-0.05, 0) is 61.7 Å². The number of rotatable bonds is 5. The van der Waals surface area contributed by atoms with E-state index in [9.17, 15) is 9.59 Å². The van der Waals surface area contributed by atoms with E-state index in [4.69, 9.17) is 18.6 Å². The van der Waals surface area contributed by atoms with E-state index >= 15 is 0 Å². The third-order valence-corrected chi connectivity index (χ3v) is 7.05. The molecule has 0 unspecified atom stereocenters. The first kappa shape index (κ1) is 22.9. The molecule has 0 aliphatic carbocycles. The van der Waals surface area contributed by atoms with Crippen LogP contribution in [-0.2, 0) is 0 Å². The Labute approximate surface area is 204 Å². The van der Waals surface area contributed by atoms with Crippen molar-refractivity contribution < 1.29 is 23.4 Å². The Morgan fingerprint density at radius 1 is 0.914 bits per heavy atom. The van der Waals surface area contributed by atoms with Gasteiger partial charge in [-0.1, -0.05) is 11.3 Å². The number of ether oxygens (including phenoxy) is 3. The highest BCUT2D eigenvalue weighted by Gasteiger charge is 2.45. The molecular formula is C25H23N3O6S. The number of hydrogen-bond acceptors (Lipinski definition) is 9. The second kappa shape index (κ2) is 8.38. The predicted molar refractivity (Wildman–Crippen MR) is 131 cm³/mol. The molecule has 3 heterocycles. The van der Waals surface area contributed by atoms with E-state index in [0.717, 1.165) is 11.1 Å². The van der Waals surface area contributed by atoms with Crippen molar-refractivity contribution in [1.82, 2.24) is 10.2 Å². The summed E-state index contributed by atoms with van der Waals surface area (Å²) in [6.07, 6.45) is 0. The number of carbonyl (C=O) groups excluding carboxylic acids is 1. The zero-order valence-electron chi connectivity index (χ0n) is 20.1. The molecule has 0 radical (unpaired) electrons. The summed E-state index contributed by atoms with van der Waals surface area (Å²) in [6, 6.07) is 6.19. The number of anilines is 1. The summed E-state index contributed by atoms with van der Waals surface area (Å²) in [7, 11) is 4.52. The molecule has 0 saturated heterocycles. The average Bonchev–Trinajstić information content (AvgIpc) is 3.40. The smallest absolute Gasteiger partial charge is 0.297 e. The van der Waals surface area contributed by atoms with Gasteiger partial charge in [-0.25, -0.2) is 0 Å². The molecular weight excluding hydrogens is 470 g/mol. The second-order valence-electron chi connectivity index (χ2n) is 8.25. The van der Waals surface area contributed by atoms with Crippen molar-refractivity contribution in [3.63, 3.8) is 0 Å². The molecule has 35 heavy (non-hydrogen) atoms. The predicted octanol–water partition coefficient (Wildman–Crippen LogP) is 4.35. The molecule has 2 aromatic heterocycles. The van der Waals surface area contributed by atoms with Crippen molar-refractivity contribution >= 4 is 33.3 Å². The highest BCUT2D eigenvalue weighted by atomic mass is 32.1. The second-order valence-corrected chi connectivity index (χ2v) is 9.41. The van der Waals surface area contributed by atoms with Gasteiger partial charge in [0.15, 0.2) is 16.9 Å². The van der Waals surface area contributed by atoms with E-state index in [1.165, 1.54) is 37.6 Å². The van der Waals surface area contributed by atoms with Crippen molar-refractivity contribution in [2.75, 3.05) is 26.2 Å². The largest absolute Gasteiger partial charge is 0.493 e. The Balaban J connectivity index is 1.85. The fourth-order valence-corrected chi connectivity index (χ4v) is 5.10. The van der Waals surface area contributed by atoms with Crippen LogP contribution < -0.4 is 24.5 Å².